The monoisotopic (exact) mass is 452 g/mol. The van der Waals surface area contributed by atoms with Gasteiger partial charge >= 0.3 is 0 Å². The van der Waals surface area contributed by atoms with Gasteiger partial charge in [-0.25, -0.2) is 8.42 Å². The Balaban J connectivity index is 1.93. The summed E-state index contributed by atoms with van der Waals surface area (Å²) in [6.45, 7) is 3.82. The van der Waals surface area contributed by atoms with Crippen LogP contribution in [0.5, 0.6) is 5.75 Å². The highest BCUT2D eigenvalue weighted by atomic mass is 32.2. The van der Waals surface area contributed by atoms with Crippen LogP contribution in [0.3, 0.4) is 0 Å². The Morgan fingerprint density at radius 3 is 2.25 bits per heavy atom. The highest BCUT2D eigenvalue weighted by molar-refractivity contribution is 7.92. The van der Waals surface area contributed by atoms with Crippen LogP contribution in [-0.4, -0.2) is 33.7 Å². The fraction of sp³-hybridized carbons (Fsp3) is 0.240. The van der Waals surface area contributed by atoms with E-state index in [-0.39, 0.29) is 6.54 Å². The second kappa shape index (κ2) is 10.3. The third-order valence-corrected chi connectivity index (χ3v) is 6.19. The molecule has 1 amide bonds. The fourth-order valence-electron chi connectivity index (χ4n) is 3.56. The van der Waals surface area contributed by atoms with E-state index in [1.165, 1.54) is 0 Å². The van der Waals surface area contributed by atoms with Crippen molar-refractivity contribution < 1.29 is 17.9 Å². The largest absolute Gasteiger partial charge is 0.492 e. The Morgan fingerprint density at radius 2 is 1.59 bits per heavy atom. The maximum Gasteiger partial charge on any atom is 0.241 e. The summed E-state index contributed by atoms with van der Waals surface area (Å²) in [5.41, 5.74) is 3.23. The van der Waals surface area contributed by atoms with Gasteiger partial charge in [0.1, 0.15) is 12.3 Å². The molecule has 6 nitrogen and oxygen atoms in total. The Morgan fingerprint density at radius 1 is 0.969 bits per heavy atom. The zero-order valence-electron chi connectivity index (χ0n) is 18.5. The van der Waals surface area contributed by atoms with E-state index in [0.717, 1.165) is 27.3 Å². The second-order valence-corrected chi connectivity index (χ2v) is 9.34. The van der Waals surface area contributed by atoms with Crippen LogP contribution in [-0.2, 0) is 14.8 Å². The van der Waals surface area contributed by atoms with Crippen molar-refractivity contribution in [3.05, 3.63) is 95.6 Å². The van der Waals surface area contributed by atoms with E-state index in [0.29, 0.717) is 18.0 Å². The number of amides is 1. The van der Waals surface area contributed by atoms with Gasteiger partial charge in [0.05, 0.1) is 24.6 Å². The maximum absolute atomic E-state index is 13.2. The van der Waals surface area contributed by atoms with E-state index in [4.69, 9.17) is 4.74 Å². The molecule has 1 N–H and O–H groups in total. The molecule has 3 aromatic carbocycles. The van der Waals surface area contributed by atoms with Gasteiger partial charge in [0.2, 0.25) is 15.9 Å². The average molecular weight is 453 g/mol. The molecule has 0 aromatic heterocycles. The second-order valence-electron chi connectivity index (χ2n) is 7.44. The van der Waals surface area contributed by atoms with E-state index >= 15 is 0 Å². The van der Waals surface area contributed by atoms with Gasteiger partial charge in [0.15, 0.2) is 0 Å². The first-order valence-corrected chi connectivity index (χ1v) is 12.3. The Hall–Kier alpha value is -3.32. The predicted octanol–water partition coefficient (Wildman–Crippen LogP) is 4.07. The number of para-hydroxylation sites is 2. The first-order valence-electron chi connectivity index (χ1n) is 10.4. The number of anilines is 1. The molecule has 0 radical (unpaired) electrons. The molecular weight excluding hydrogens is 424 g/mol. The predicted molar refractivity (Wildman–Crippen MR) is 127 cm³/mol. The van der Waals surface area contributed by atoms with Gasteiger partial charge in [-0.1, -0.05) is 66.7 Å². The number of rotatable bonds is 9. The number of nitrogens with zero attached hydrogens (tertiary/aromatic N) is 1. The van der Waals surface area contributed by atoms with Crippen molar-refractivity contribution in [1.29, 1.82) is 0 Å². The zero-order valence-corrected chi connectivity index (χ0v) is 19.3. The number of aryl methyl sites for hydroxylation is 1. The molecule has 0 aliphatic rings. The van der Waals surface area contributed by atoms with Gasteiger partial charge in [-0.2, -0.15) is 0 Å². The van der Waals surface area contributed by atoms with Crippen molar-refractivity contribution in [3.63, 3.8) is 0 Å². The number of nitrogens with one attached hydrogen (secondary N) is 1. The topological polar surface area (TPSA) is 75.7 Å². The third kappa shape index (κ3) is 5.68. The normalized spacial score (nSPS) is 12.1. The maximum atomic E-state index is 13.2. The Labute approximate surface area is 189 Å². The minimum absolute atomic E-state index is 0.333. The van der Waals surface area contributed by atoms with Crippen LogP contribution >= 0.6 is 0 Å². The molecule has 32 heavy (non-hydrogen) atoms. The van der Waals surface area contributed by atoms with Crippen molar-refractivity contribution in [2.24, 2.45) is 0 Å². The Bertz CT molecular complexity index is 1160. The molecule has 0 fully saturated rings. The van der Waals surface area contributed by atoms with Crippen LogP contribution in [0.4, 0.5) is 5.69 Å². The van der Waals surface area contributed by atoms with Crippen molar-refractivity contribution >= 4 is 21.6 Å². The van der Waals surface area contributed by atoms with Crippen LogP contribution in [0.1, 0.15) is 29.7 Å². The summed E-state index contributed by atoms with van der Waals surface area (Å²) in [7, 11) is -3.73. The van der Waals surface area contributed by atoms with Gasteiger partial charge in [0.25, 0.3) is 0 Å². The molecule has 0 unspecified atom stereocenters. The lowest BCUT2D eigenvalue weighted by molar-refractivity contribution is -0.120. The lowest BCUT2D eigenvalue weighted by Gasteiger charge is -2.26. The molecule has 3 rings (SSSR count). The van der Waals surface area contributed by atoms with Crippen molar-refractivity contribution in [3.8, 4) is 5.75 Å². The Kier molecular flexibility index (Phi) is 7.53. The van der Waals surface area contributed by atoms with E-state index in [9.17, 15) is 13.2 Å². The van der Waals surface area contributed by atoms with Crippen LogP contribution in [0.15, 0.2) is 78.9 Å². The number of hydrogen-bond donors (Lipinski definition) is 1. The molecule has 7 heteroatoms. The number of carbonyl (C=O) groups excluding carboxylic acids is 1. The molecule has 0 aliphatic carbocycles. The van der Waals surface area contributed by atoms with E-state index in [1.54, 1.807) is 24.3 Å². The molecule has 0 saturated carbocycles. The van der Waals surface area contributed by atoms with Crippen LogP contribution in [0, 0.1) is 6.92 Å². The average Bonchev–Trinajstić information content (AvgIpc) is 2.77. The lowest BCUT2D eigenvalue weighted by atomic mass is 9.95. The number of carbonyl (C=O) groups is 1. The number of ether oxygens (including phenoxy) is 1. The summed E-state index contributed by atoms with van der Waals surface area (Å²) < 4.78 is 31.9. The third-order valence-electron chi connectivity index (χ3n) is 5.06. The van der Waals surface area contributed by atoms with Crippen molar-refractivity contribution in [2.75, 3.05) is 23.7 Å². The first kappa shape index (κ1) is 23.3. The minimum Gasteiger partial charge on any atom is -0.492 e. The fourth-order valence-corrected chi connectivity index (χ4v) is 4.42. The molecule has 0 heterocycles. The first-order chi connectivity index (χ1) is 15.3. The summed E-state index contributed by atoms with van der Waals surface area (Å²) in [4.78, 5) is 13.2. The molecule has 0 spiro atoms. The van der Waals surface area contributed by atoms with Gasteiger partial charge in [-0.3, -0.25) is 9.10 Å². The summed E-state index contributed by atoms with van der Waals surface area (Å²) in [6.07, 6.45) is 1.08. The van der Waals surface area contributed by atoms with Crippen LogP contribution in [0.2, 0.25) is 0 Å². The molecule has 0 bridgehead atoms. The van der Waals surface area contributed by atoms with Crippen molar-refractivity contribution in [1.82, 2.24) is 5.32 Å². The molecule has 0 aliphatic heterocycles. The summed E-state index contributed by atoms with van der Waals surface area (Å²) in [5.74, 6) is -0.00873. The summed E-state index contributed by atoms with van der Waals surface area (Å²) in [6, 6.07) is 23.8. The number of hydrogen-bond acceptors (Lipinski definition) is 4. The van der Waals surface area contributed by atoms with Gasteiger partial charge in [-0.15, -0.1) is 0 Å². The molecule has 1 atom stereocenters. The SMILES string of the molecule is CCOc1ccccc1N(CC(=O)N[C@H](c1ccccc1)c1ccccc1C)S(C)(=O)=O. The number of benzene rings is 3. The summed E-state index contributed by atoms with van der Waals surface area (Å²) in [5, 5.41) is 3.03. The minimum atomic E-state index is -3.73. The van der Waals surface area contributed by atoms with E-state index in [1.807, 2.05) is 68.4 Å². The number of sulfonamides is 1. The van der Waals surface area contributed by atoms with E-state index < -0.39 is 22.0 Å². The summed E-state index contributed by atoms with van der Waals surface area (Å²) >= 11 is 0. The highest BCUT2D eigenvalue weighted by Crippen LogP contribution is 2.30. The van der Waals surface area contributed by atoms with Gasteiger partial charge < -0.3 is 10.1 Å². The molecule has 0 saturated heterocycles. The molecular formula is C25H28N2O4S. The van der Waals surface area contributed by atoms with Crippen LogP contribution < -0.4 is 14.4 Å². The van der Waals surface area contributed by atoms with Crippen LogP contribution in [0.25, 0.3) is 0 Å². The lowest BCUT2D eigenvalue weighted by Crippen LogP contribution is -2.42. The smallest absolute Gasteiger partial charge is 0.241 e. The van der Waals surface area contributed by atoms with Crippen molar-refractivity contribution in [2.45, 2.75) is 19.9 Å². The standard InChI is InChI=1S/C25H28N2O4S/c1-4-31-23-17-11-10-16-22(23)27(32(3,29)30)18-24(28)26-25(20-13-6-5-7-14-20)21-15-9-8-12-19(21)2/h5-17,25H,4,18H2,1-3H3,(H,26,28)/t25-/m1/s1. The van der Waals surface area contributed by atoms with Gasteiger partial charge in [0, 0.05) is 0 Å². The zero-order chi connectivity index (χ0) is 23.1. The molecule has 3 aromatic rings. The van der Waals surface area contributed by atoms with Gasteiger partial charge in [-0.05, 0) is 42.7 Å². The van der Waals surface area contributed by atoms with E-state index in [2.05, 4.69) is 5.32 Å². The highest BCUT2D eigenvalue weighted by Gasteiger charge is 2.26. The quantitative estimate of drug-likeness (QED) is 0.531. The molecule has 168 valence electrons.